The van der Waals surface area contributed by atoms with Crippen molar-refractivity contribution in [2.45, 2.75) is 46.6 Å². The minimum absolute atomic E-state index is 0. The molecule has 0 bridgehead atoms. The number of nitrogens with two attached hydrogens (primary N) is 1. The van der Waals surface area contributed by atoms with Crippen molar-refractivity contribution in [2.24, 2.45) is 11.7 Å². The van der Waals surface area contributed by atoms with Gasteiger partial charge in [0.05, 0.1) is 19.3 Å². The number of amides is 1. The lowest BCUT2D eigenvalue weighted by Gasteiger charge is -2.17. The van der Waals surface area contributed by atoms with Crippen molar-refractivity contribution in [1.29, 1.82) is 0 Å². The van der Waals surface area contributed by atoms with E-state index in [1.165, 1.54) is 0 Å². The monoisotopic (exact) mass is 344 g/mol. The second-order valence-corrected chi connectivity index (χ2v) is 5.62. The fourth-order valence-electron chi connectivity index (χ4n) is 1.77. The molecule has 5 nitrogen and oxygen atoms in total. The number of anilines is 1. The van der Waals surface area contributed by atoms with E-state index in [0.29, 0.717) is 30.4 Å². The number of nitrogens with one attached hydrogen (secondary N) is 1. The van der Waals surface area contributed by atoms with E-state index >= 15 is 0 Å². The minimum atomic E-state index is -0.531. The van der Waals surface area contributed by atoms with Gasteiger partial charge in [0.1, 0.15) is 0 Å². The van der Waals surface area contributed by atoms with E-state index in [1.807, 2.05) is 26.8 Å². The number of halogens is 1. The van der Waals surface area contributed by atoms with Crippen LogP contribution in [0.3, 0.4) is 0 Å². The van der Waals surface area contributed by atoms with Crippen LogP contribution in [0.5, 0.6) is 11.5 Å². The SMILES string of the molecule is CCCOc1ccc(NC(=O)[C@@H](N)C(C)C)cc1OCCC.Cl. The molecule has 0 aliphatic carbocycles. The van der Waals surface area contributed by atoms with Crippen LogP contribution in [0.4, 0.5) is 5.69 Å². The van der Waals surface area contributed by atoms with Crippen molar-refractivity contribution in [3.8, 4) is 11.5 Å². The molecule has 1 aromatic rings. The van der Waals surface area contributed by atoms with Crippen LogP contribution in [0.2, 0.25) is 0 Å². The van der Waals surface area contributed by atoms with Gasteiger partial charge < -0.3 is 20.5 Å². The highest BCUT2D eigenvalue weighted by Gasteiger charge is 2.18. The largest absolute Gasteiger partial charge is 0.490 e. The Morgan fingerprint density at radius 1 is 1.13 bits per heavy atom. The average molecular weight is 345 g/mol. The average Bonchev–Trinajstić information content (AvgIpc) is 2.50. The van der Waals surface area contributed by atoms with Gasteiger partial charge in [0.25, 0.3) is 0 Å². The molecule has 0 saturated carbocycles. The van der Waals surface area contributed by atoms with E-state index < -0.39 is 6.04 Å². The first-order chi connectivity index (χ1) is 10.5. The Labute approximate surface area is 145 Å². The van der Waals surface area contributed by atoms with E-state index in [-0.39, 0.29) is 24.2 Å². The molecule has 1 atom stereocenters. The zero-order chi connectivity index (χ0) is 16.5. The van der Waals surface area contributed by atoms with E-state index in [0.717, 1.165) is 12.8 Å². The van der Waals surface area contributed by atoms with E-state index in [9.17, 15) is 4.79 Å². The molecular formula is C17H29ClN2O3. The van der Waals surface area contributed by atoms with Crippen LogP contribution in [-0.4, -0.2) is 25.2 Å². The molecule has 0 aliphatic heterocycles. The molecule has 0 aliphatic rings. The predicted molar refractivity (Wildman–Crippen MR) is 96.7 cm³/mol. The third kappa shape index (κ3) is 7.10. The van der Waals surface area contributed by atoms with Crippen LogP contribution in [0.1, 0.15) is 40.5 Å². The summed E-state index contributed by atoms with van der Waals surface area (Å²) in [6.45, 7) is 9.16. The van der Waals surface area contributed by atoms with Gasteiger partial charge in [0, 0.05) is 11.8 Å². The van der Waals surface area contributed by atoms with Crippen molar-refractivity contribution in [3.63, 3.8) is 0 Å². The molecule has 3 N–H and O–H groups in total. The summed E-state index contributed by atoms with van der Waals surface area (Å²) >= 11 is 0. The summed E-state index contributed by atoms with van der Waals surface area (Å²) in [5.74, 6) is 1.23. The summed E-state index contributed by atoms with van der Waals surface area (Å²) < 4.78 is 11.4. The number of hydrogen-bond acceptors (Lipinski definition) is 4. The highest BCUT2D eigenvalue weighted by molar-refractivity contribution is 5.95. The molecule has 23 heavy (non-hydrogen) atoms. The lowest BCUT2D eigenvalue weighted by atomic mass is 10.0. The quantitative estimate of drug-likeness (QED) is 0.717. The predicted octanol–water partition coefficient (Wildman–Crippen LogP) is 3.61. The zero-order valence-corrected chi connectivity index (χ0v) is 15.2. The number of ether oxygens (including phenoxy) is 2. The van der Waals surface area contributed by atoms with Crippen LogP contribution in [0.15, 0.2) is 18.2 Å². The molecular weight excluding hydrogens is 316 g/mol. The first-order valence-electron chi connectivity index (χ1n) is 7.95. The molecule has 1 amide bonds. The van der Waals surface area contributed by atoms with Gasteiger partial charge in [-0.2, -0.15) is 0 Å². The highest BCUT2D eigenvalue weighted by atomic mass is 35.5. The van der Waals surface area contributed by atoms with Crippen molar-refractivity contribution in [3.05, 3.63) is 18.2 Å². The van der Waals surface area contributed by atoms with Gasteiger partial charge in [0.15, 0.2) is 11.5 Å². The molecule has 0 spiro atoms. The fraction of sp³-hybridized carbons (Fsp3) is 0.588. The van der Waals surface area contributed by atoms with Crippen molar-refractivity contribution >= 4 is 24.0 Å². The maximum atomic E-state index is 12.0. The van der Waals surface area contributed by atoms with Crippen LogP contribution < -0.4 is 20.5 Å². The third-order valence-electron chi connectivity index (χ3n) is 3.16. The van der Waals surface area contributed by atoms with Crippen LogP contribution in [0.25, 0.3) is 0 Å². The Morgan fingerprint density at radius 2 is 1.70 bits per heavy atom. The summed E-state index contributed by atoms with van der Waals surface area (Å²) in [5.41, 5.74) is 6.52. The minimum Gasteiger partial charge on any atom is -0.490 e. The lowest BCUT2D eigenvalue weighted by molar-refractivity contribution is -0.118. The zero-order valence-electron chi connectivity index (χ0n) is 14.4. The molecule has 0 aromatic heterocycles. The number of carbonyl (C=O) groups is 1. The van der Waals surface area contributed by atoms with E-state index in [4.69, 9.17) is 15.2 Å². The van der Waals surface area contributed by atoms with E-state index in [1.54, 1.807) is 12.1 Å². The van der Waals surface area contributed by atoms with Gasteiger partial charge >= 0.3 is 0 Å². The van der Waals surface area contributed by atoms with Crippen molar-refractivity contribution < 1.29 is 14.3 Å². The van der Waals surface area contributed by atoms with Gasteiger partial charge in [-0.25, -0.2) is 0 Å². The number of rotatable bonds is 9. The molecule has 1 rings (SSSR count). The Morgan fingerprint density at radius 3 is 2.22 bits per heavy atom. The fourth-order valence-corrected chi connectivity index (χ4v) is 1.77. The van der Waals surface area contributed by atoms with Crippen LogP contribution >= 0.6 is 12.4 Å². The normalized spacial score (nSPS) is 11.6. The molecule has 1 aromatic carbocycles. The highest BCUT2D eigenvalue weighted by Crippen LogP contribution is 2.31. The van der Waals surface area contributed by atoms with Gasteiger partial charge in [-0.1, -0.05) is 27.7 Å². The second kappa shape index (κ2) is 11.1. The van der Waals surface area contributed by atoms with Crippen molar-refractivity contribution in [2.75, 3.05) is 18.5 Å². The number of benzene rings is 1. The van der Waals surface area contributed by atoms with Gasteiger partial charge in [0.2, 0.25) is 5.91 Å². The summed E-state index contributed by atoms with van der Waals surface area (Å²) in [5, 5.41) is 2.82. The van der Waals surface area contributed by atoms with Crippen LogP contribution in [0, 0.1) is 5.92 Å². The maximum Gasteiger partial charge on any atom is 0.241 e. The molecule has 6 heteroatoms. The first-order valence-corrected chi connectivity index (χ1v) is 7.95. The summed E-state index contributed by atoms with van der Waals surface area (Å²) in [4.78, 5) is 12.0. The molecule has 0 radical (unpaired) electrons. The first kappa shape index (κ1) is 21.5. The van der Waals surface area contributed by atoms with E-state index in [2.05, 4.69) is 12.2 Å². The summed E-state index contributed by atoms with van der Waals surface area (Å²) in [6, 6.07) is 4.87. The van der Waals surface area contributed by atoms with Crippen LogP contribution in [-0.2, 0) is 4.79 Å². The number of carbonyl (C=O) groups excluding carboxylic acids is 1. The van der Waals surface area contributed by atoms with Gasteiger partial charge in [-0.3, -0.25) is 4.79 Å². The Balaban J connectivity index is 0.00000484. The smallest absolute Gasteiger partial charge is 0.241 e. The topological polar surface area (TPSA) is 73.6 Å². The molecule has 0 unspecified atom stereocenters. The molecule has 0 fully saturated rings. The van der Waals surface area contributed by atoms with Crippen molar-refractivity contribution in [1.82, 2.24) is 0 Å². The molecule has 0 saturated heterocycles. The standard InChI is InChI=1S/C17H28N2O3.ClH/c1-5-9-21-14-8-7-13(11-15(14)22-10-6-2)19-17(20)16(18)12(3)4;/h7-8,11-12,16H,5-6,9-10,18H2,1-4H3,(H,19,20);1H/t16-;/m0./s1. The Bertz CT molecular complexity index is 481. The Kier molecular flexibility index (Phi) is 10.4. The molecule has 0 heterocycles. The maximum absolute atomic E-state index is 12.0. The van der Waals surface area contributed by atoms with Gasteiger partial charge in [-0.05, 0) is 30.9 Å². The second-order valence-electron chi connectivity index (χ2n) is 5.62. The number of hydrogen-bond donors (Lipinski definition) is 2. The Hall–Kier alpha value is -1.46. The third-order valence-corrected chi connectivity index (χ3v) is 3.16. The lowest BCUT2D eigenvalue weighted by Crippen LogP contribution is -2.39. The summed E-state index contributed by atoms with van der Waals surface area (Å²) in [7, 11) is 0. The van der Waals surface area contributed by atoms with Gasteiger partial charge in [-0.15, -0.1) is 12.4 Å². The summed E-state index contributed by atoms with van der Waals surface area (Å²) in [6.07, 6.45) is 1.83. The molecule has 132 valence electrons.